The Morgan fingerprint density at radius 2 is 2.40 bits per heavy atom. The summed E-state index contributed by atoms with van der Waals surface area (Å²) in [6, 6.07) is 0. The summed E-state index contributed by atoms with van der Waals surface area (Å²) in [5.74, 6) is 0.947. The Kier molecular flexibility index (Phi) is 1.94. The van der Waals surface area contributed by atoms with Crippen molar-refractivity contribution in [2.24, 2.45) is 7.05 Å². The van der Waals surface area contributed by atoms with Crippen LogP contribution >= 0.6 is 0 Å². The van der Waals surface area contributed by atoms with Gasteiger partial charge in [0.25, 0.3) is 5.82 Å². The monoisotopic (exact) mass is 141 g/mol. The van der Waals surface area contributed by atoms with Gasteiger partial charge in [-0.25, -0.2) is 4.57 Å². The van der Waals surface area contributed by atoms with E-state index in [2.05, 4.69) is 6.92 Å². The topological polar surface area (TPSA) is 29.0 Å². The van der Waals surface area contributed by atoms with Crippen LogP contribution in [0.4, 0.5) is 0 Å². The first-order valence-corrected chi connectivity index (χ1v) is 3.50. The lowest BCUT2D eigenvalue weighted by Gasteiger charge is -1.91. The Hall–Kier alpha value is -0.990. The summed E-state index contributed by atoms with van der Waals surface area (Å²) in [4.78, 5) is 0. The van der Waals surface area contributed by atoms with Gasteiger partial charge in [0.05, 0.1) is 13.5 Å². The van der Waals surface area contributed by atoms with Gasteiger partial charge in [0, 0.05) is 0 Å². The average Bonchev–Trinajstić information content (AvgIpc) is 2.20. The first-order valence-electron chi connectivity index (χ1n) is 3.50. The first kappa shape index (κ1) is 7.12. The van der Waals surface area contributed by atoms with Gasteiger partial charge in [-0.3, -0.25) is 0 Å². The summed E-state index contributed by atoms with van der Waals surface area (Å²) in [5, 5.41) is 9.16. The Morgan fingerprint density at radius 1 is 1.70 bits per heavy atom. The molecule has 0 aliphatic rings. The van der Waals surface area contributed by atoms with E-state index >= 15 is 0 Å². The highest BCUT2D eigenvalue weighted by Gasteiger charge is 2.10. The highest BCUT2D eigenvalue weighted by atomic mass is 16.5. The summed E-state index contributed by atoms with van der Waals surface area (Å²) < 4.78 is 3.09. The van der Waals surface area contributed by atoms with Crippen LogP contribution in [0.2, 0.25) is 0 Å². The zero-order chi connectivity index (χ0) is 7.56. The largest absolute Gasteiger partial charge is 0.350 e. The molecule has 0 spiro atoms. The average molecular weight is 141 g/mol. The molecule has 0 aliphatic heterocycles. The molecule has 0 bridgehead atoms. The molecule has 1 heterocycles. The molecular weight excluding hydrogens is 128 g/mol. The first-order chi connectivity index (χ1) is 4.75. The fraction of sp³-hybridized carbons (Fsp3) is 0.571. The molecular formula is C7H13N2O+. The molecule has 3 nitrogen and oxygen atoms in total. The van der Waals surface area contributed by atoms with Crippen LogP contribution in [-0.4, -0.2) is 9.94 Å². The minimum atomic E-state index is 0.917. The molecule has 0 radical (unpaired) electrons. The second-order valence-electron chi connectivity index (χ2n) is 2.42. The van der Waals surface area contributed by atoms with Crippen LogP contribution in [0.25, 0.3) is 0 Å². The second-order valence-corrected chi connectivity index (χ2v) is 2.42. The van der Waals surface area contributed by atoms with Gasteiger partial charge in [-0.1, -0.05) is 11.7 Å². The van der Waals surface area contributed by atoms with Gasteiger partial charge in [0.2, 0.25) is 0 Å². The van der Waals surface area contributed by atoms with Crippen molar-refractivity contribution >= 4 is 0 Å². The minimum absolute atomic E-state index is 0.917. The Bertz CT molecular complexity index is 198. The minimum Gasteiger partial charge on any atom is -0.350 e. The third kappa shape index (κ3) is 1.12. The molecule has 1 aromatic heterocycles. The Labute approximate surface area is 60.5 Å². The smallest absolute Gasteiger partial charge is 0.296 e. The highest BCUT2D eigenvalue weighted by Crippen LogP contribution is 1.94. The molecule has 1 rings (SSSR count). The number of rotatable bonds is 2. The zero-order valence-corrected chi connectivity index (χ0v) is 6.41. The molecule has 0 aliphatic carbocycles. The van der Waals surface area contributed by atoms with E-state index in [0.29, 0.717) is 0 Å². The number of hydrogen-bond donors (Lipinski definition) is 1. The number of aryl methyl sites for hydroxylation is 1. The third-order valence-electron chi connectivity index (χ3n) is 1.58. The Balaban J connectivity index is 2.87. The van der Waals surface area contributed by atoms with Crippen molar-refractivity contribution in [2.45, 2.75) is 19.8 Å². The van der Waals surface area contributed by atoms with Crippen molar-refractivity contribution in [3.63, 3.8) is 0 Å². The number of imidazole rings is 1. The predicted octanol–water partition coefficient (Wildman–Crippen LogP) is 0.502. The third-order valence-corrected chi connectivity index (χ3v) is 1.58. The molecule has 0 amide bonds. The van der Waals surface area contributed by atoms with Crippen molar-refractivity contribution in [1.82, 2.24) is 4.73 Å². The van der Waals surface area contributed by atoms with Crippen LogP contribution in [0.3, 0.4) is 0 Å². The number of nitrogens with zero attached hydrogens (tertiary/aromatic N) is 2. The molecule has 56 valence electrons. The quantitative estimate of drug-likeness (QED) is 0.471. The summed E-state index contributed by atoms with van der Waals surface area (Å²) in [7, 11) is 1.93. The van der Waals surface area contributed by atoms with Crippen LogP contribution in [0.5, 0.6) is 0 Å². The molecule has 0 atom stereocenters. The van der Waals surface area contributed by atoms with E-state index in [1.165, 1.54) is 4.73 Å². The van der Waals surface area contributed by atoms with Gasteiger partial charge >= 0.3 is 0 Å². The zero-order valence-electron chi connectivity index (χ0n) is 6.41. The lowest BCUT2D eigenvalue weighted by Crippen LogP contribution is -2.31. The van der Waals surface area contributed by atoms with E-state index in [1.807, 2.05) is 17.8 Å². The van der Waals surface area contributed by atoms with Crippen LogP contribution < -0.4 is 4.57 Å². The van der Waals surface area contributed by atoms with Gasteiger partial charge in [-0.15, -0.1) is 0 Å². The van der Waals surface area contributed by atoms with Crippen LogP contribution in [0.15, 0.2) is 12.4 Å². The standard InChI is InChI=1S/C7H13N2O/c1-3-4-7-8(2)5-6-9(7)10/h5-6,10H,3-4H2,1-2H3/q+1. The molecule has 1 N–H and O–H groups in total. The van der Waals surface area contributed by atoms with E-state index in [4.69, 9.17) is 5.21 Å². The lowest BCUT2D eigenvalue weighted by molar-refractivity contribution is -0.680. The second kappa shape index (κ2) is 2.73. The van der Waals surface area contributed by atoms with Gasteiger partial charge in [-0.05, 0) is 6.42 Å². The van der Waals surface area contributed by atoms with E-state index in [9.17, 15) is 0 Å². The molecule has 0 saturated carbocycles. The highest BCUT2D eigenvalue weighted by molar-refractivity contribution is 4.78. The maximum Gasteiger partial charge on any atom is 0.296 e. The SMILES string of the molecule is CCCc1n(O)cc[n+]1C. The summed E-state index contributed by atoms with van der Waals surface area (Å²) >= 11 is 0. The van der Waals surface area contributed by atoms with Crippen molar-refractivity contribution < 1.29 is 9.77 Å². The maximum atomic E-state index is 9.16. The van der Waals surface area contributed by atoms with E-state index in [-0.39, 0.29) is 0 Å². The van der Waals surface area contributed by atoms with Crippen LogP contribution in [0, 0.1) is 0 Å². The van der Waals surface area contributed by atoms with Crippen LogP contribution in [0.1, 0.15) is 19.2 Å². The summed E-state index contributed by atoms with van der Waals surface area (Å²) in [6.07, 6.45) is 5.45. The van der Waals surface area contributed by atoms with Gasteiger partial charge in [0.1, 0.15) is 6.20 Å². The maximum absolute atomic E-state index is 9.16. The molecule has 0 fully saturated rings. The number of aromatic nitrogens is 2. The molecule has 0 saturated heterocycles. The normalized spacial score (nSPS) is 10.2. The fourth-order valence-corrected chi connectivity index (χ4v) is 1.01. The van der Waals surface area contributed by atoms with Gasteiger partial charge < -0.3 is 5.21 Å². The van der Waals surface area contributed by atoms with Crippen LogP contribution in [-0.2, 0) is 13.5 Å². The molecule has 3 heteroatoms. The molecule has 0 unspecified atom stereocenters. The molecule has 10 heavy (non-hydrogen) atoms. The van der Waals surface area contributed by atoms with Crippen molar-refractivity contribution in [2.75, 3.05) is 0 Å². The van der Waals surface area contributed by atoms with E-state index in [0.717, 1.165) is 18.7 Å². The summed E-state index contributed by atoms with van der Waals surface area (Å²) in [6.45, 7) is 2.09. The van der Waals surface area contributed by atoms with Crippen molar-refractivity contribution in [3.8, 4) is 0 Å². The predicted molar refractivity (Wildman–Crippen MR) is 36.8 cm³/mol. The van der Waals surface area contributed by atoms with E-state index < -0.39 is 0 Å². The lowest BCUT2D eigenvalue weighted by atomic mass is 10.3. The number of hydrogen-bond acceptors (Lipinski definition) is 1. The fourth-order valence-electron chi connectivity index (χ4n) is 1.01. The van der Waals surface area contributed by atoms with Crippen molar-refractivity contribution in [3.05, 3.63) is 18.2 Å². The van der Waals surface area contributed by atoms with Gasteiger partial charge in [-0.2, -0.15) is 0 Å². The molecule has 0 aromatic carbocycles. The van der Waals surface area contributed by atoms with Crippen molar-refractivity contribution in [1.29, 1.82) is 0 Å². The Morgan fingerprint density at radius 3 is 2.80 bits per heavy atom. The van der Waals surface area contributed by atoms with Gasteiger partial charge in [0.15, 0.2) is 6.20 Å². The summed E-state index contributed by atoms with van der Waals surface area (Å²) in [5.41, 5.74) is 0. The molecule has 1 aromatic rings. The van der Waals surface area contributed by atoms with E-state index in [1.54, 1.807) is 6.20 Å².